The maximum Gasteiger partial charge on any atom is 0.341 e. The average Bonchev–Trinajstić information content (AvgIpc) is 3.71. The predicted octanol–water partition coefficient (Wildman–Crippen LogP) is 4.87. The fraction of sp³-hybridized carbons (Fsp3) is 0.158. The summed E-state index contributed by atoms with van der Waals surface area (Å²) < 4.78 is 25.2. The Bertz CT molecular complexity index is 2680. The number of carbonyl (C=O) groups excluding carboxylic acids is 4. The first-order valence-electron chi connectivity index (χ1n) is 16.7. The molecule has 16 heteroatoms. The van der Waals surface area contributed by atoms with Crippen LogP contribution in [-0.4, -0.2) is 66.2 Å². The van der Waals surface area contributed by atoms with Crippen molar-refractivity contribution in [2.24, 2.45) is 0 Å². The zero-order chi connectivity index (χ0) is 38.3. The number of ether oxygens (including phenoxy) is 2. The van der Waals surface area contributed by atoms with Crippen molar-refractivity contribution in [2.75, 3.05) is 13.2 Å². The second kappa shape index (κ2) is 14.0. The Morgan fingerprint density at radius 2 is 1.00 bits per heavy atom. The van der Waals surface area contributed by atoms with Crippen molar-refractivity contribution >= 4 is 80.3 Å². The number of benzene rings is 3. The van der Waals surface area contributed by atoms with Crippen LogP contribution in [0.2, 0.25) is 0 Å². The molecule has 0 spiro atoms. The molecule has 0 aliphatic heterocycles. The Labute approximate surface area is 302 Å². The summed E-state index contributed by atoms with van der Waals surface area (Å²) in [6.45, 7) is 5.64. The summed E-state index contributed by atoms with van der Waals surface area (Å²) in [4.78, 5) is 84.9. The van der Waals surface area contributed by atoms with Crippen LogP contribution in [0.15, 0.2) is 90.2 Å². The first-order chi connectivity index (χ1) is 26.0. The van der Waals surface area contributed by atoms with Gasteiger partial charge in [0.05, 0.1) is 24.6 Å². The third kappa shape index (κ3) is 6.04. The van der Waals surface area contributed by atoms with Crippen LogP contribution in [-0.2, 0) is 28.7 Å². The van der Waals surface area contributed by atoms with E-state index in [-0.39, 0.29) is 69.2 Å². The van der Waals surface area contributed by atoms with Crippen LogP contribution in [0.4, 0.5) is 0 Å². The van der Waals surface area contributed by atoms with Crippen LogP contribution in [0.1, 0.15) is 39.1 Å². The number of rotatable bonds is 10. The quantitative estimate of drug-likeness (QED) is 0.0634. The standard InChI is InChI=1S/C38H30N6O10/c1-5-51-37(49)23(19(3)45)17-25-27-35(43(41-25)21-13-9-7-10-14-21)53-33-29(39-27)31(47)34-30(32(33)48)40-28-26(18-24(20(4)46)38(50)52-6-2)42-44(36(28)54-34)22-15-11-8-12-16-22/h7-18,39-40H,5-6H2,1-4H3/b23-17-,24-18-. The molecule has 0 aliphatic rings. The van der Waals surface area contributed by atoms with Crippen LogP contribution in [0, 0.1) is 0 Å². The smallest absolute Gasteiger partial charge is 0.341 e. The Morgan fingerprint density at radius 1 is 0.630 bits per heavy atom. The van der Waals surface area contributed by atoms with Gasteiger partial charge in [-0.25, -0.2) is 9.59 Å². The number of nitrogens with zero attached hydrogens (tertiary/aromatic N) is 4. The van der Waals surface area contributed by atoms with Gasteiger partial charge in [0.15, 0.2) is 11.6 Å². The molecule has 0 aliphatic carbocycles. The summed E-state index contributed by atoms with van der Waals surface area (Å²) in [6, 6.07) is 17.4. The van der Waals surface area contributed by atoms with E-state index in [1.807, 2.05) is 0 Å². The molecule has 0 atom stereocenters. The van der Waals surface area contributed by atoms with E-state index >= 15 is 0 Å². The summed E-state index contributed by atoms with van der Waals surface area (Å²) >= 11 is 0. The fourth-order valence-corrected chi connectivity index (χ4v) is 5.78. The molecule has 0 saturated heterocycles. The summed E-state index contributed by atoms with van der Waals surface area (Å²) in [7, 11) is 0. The number of aromatic nitrogens is 6. The van der Waals surface area contributed by atoms with E-state index in [4.69, 9.17) is 18.3 Å². The lowest BCUT2D eigenvalue weighted by molar-refractivity contribution is -0.141. The number of nitrogens with one attached hydrogen (secondary N) is 2. The molecule has 3 aromatic carbocycles. The van der Waals surface area contributed by atoms with E-state index in [9.17, 15) is 28.8 Å². The number of para-hydroxylation sites is 2. The third-order valence-corrected chi connectivity index (χ3v) is 8.27. The van der Waals surface area contributed by atoms with Gasteiger partial charge in [0.2, 0.25) is 22.6 Å². The highest BCUT2D eigenvalue weighted by Crippen LogP contribution is 2.29. The van der Waals surface area contributed by atoms with Crippen molar-refractivity contribution in [3.05, 3.63) is 104 Å². The van der Waals surface area contributed by atoms with Crippen molar-refractivity contribution in [3.63, 3.8) is 0 Å². The summed E-state index contributed by atoms with van der Waals surface area (Å²) in [5.41, 5.74) is -2.46. The molecule has 4 heterocycles. The third-order valence-electron chi connectivity index (χ3n) is 8.27. The highest BCUT2D eigenvalue weighted by atomic mass is 16.5. The van der Waals surface area contributed by atoms with Crippen LogP contribution in [0.5, 0.6) is 0 Å². The fourth-order valence-electron chi connectivity index (χ4n) is 5.78. The molecular formula is C38H30N6O10. The zero-order valence-corrected chi connectivity index (χ0v) is 29.2. The van der Waals surface area contributed by atoms with Gasteiger partial charge in [0, 0.05) is 0 Å². The SMILES string of the molecule is CCOC(=O)/C(=C\c1nn(-c2ccccc2)c2oc3c(=O)c4[nH]c5c(/C=C(/C(C)=O)C(=O)OCC)nn(-c6ccccc6)c5oc4c(=O)c3[nH]c12)C(C)=O. The molecule has 54 heavy (non-hydrogen) atoms. The molecule has 2 N–H and O–H groups in total. The molecule has 0 fully saturated rings. The Hall–Kier alpha value is -7.36. The van der Waals surface area contributed by atoms with Gasteiger partial charge in [-0.15, -0.1) is 0 Å². The highest BCUT2D eigenvalue weighted by molar-refractivity contribution is 6.21. The molecule has 7 rings (SSSR count). The van der Waals surface area contributed by atoms with E-state index in [1.54, 1.807) is 74.5 Å². The van der Waals surface area contributed by atoms with E-state index in [1.165, 1.54) is 35.4 Å². The number of fused-ring (bicyclic) bond motifs is 4. The average molecular weight is 731 g/mol. The lowest BCUT2D eigenvalue weighted by atomic mass is 10.1. The Morgan fingerprint density at radius 3 is 1.33 bits per heavy atom. The monoisotopic (exact) mass is 730 g/mol. The van der Waals surface area contributed by atoms with Crippen LogP contribution < -0.4 is 10.9 Å². The molecule has 272 valence electrons. The molecule has 0 unspecified atom stereocenters. The van der Waals surface area contributed by atoms with Crippen molar-refractivity contribution in [1.29, 1.82) is 0 Å². The minimum atomic E-state index is -0.872. The molecule has 0 radical (unpaired) electrons. The van der Waals surface area contributed by atoms with Crippen LogP contribution in [0.25, 0.3) is 68.2 Å². The number of ketones is 2. The van der Waals surface area contributed by atoms with E-state index in [2.05, 4.69) is 20.2 Å². The number of hydrogen-bond acceptors (Lipinski definition) is 12. The molecule has 0 bridgehead atoms. The first kappa shape index (κ1) is 35.1. The van der Waals surface area contributed by atoms with Gasteiger partial charge in [-0.1, -0.05) is 36.4 Å². The second-order valence-corrected chi connectivity index (χ2v) is 11.8. The minimum absolute atomic E-state index is 0.0195. The summed E-state index contributed by atoms with van der Waals surface area (Å²) in [5.74, 6) is -2.93. The van der Waals surface area contributed by atoms with Gasteiger partial charge >= 0.3 is 11.9 Å². The lowest BCUT2D eigenvalue weighted by Crippen LogP contribution is -2.16. The minimum Gasteiger partial charge on any atom is -0.462 e. The number of Topliss-reactive ketones (excluding diaryl/α,β-unsaturated/α-hetero) is 2. The molecular weight excluding hydrogens is 700 g/mol. The number of H-pyrrole nitrogens is 2. The Balaban J connectivity index is 1.57. The van der Waals surface area contributed by atoms with Crippen molar-refractivity contribution in [1.82, 2.24) is 29.5 Å². The first-order valence-corrected chi connectivity index (χ1v) is 16.7. The van der Waals surface area contributed by atoms with Gasteiger partial charge < -0.3 is 28.3 Å². The molecule has 16 nitrogen and oxygen atoms in total. The van der Waals surface area contributed by atoms with Crippen LogP contribution in [0.3, 0.4) is 0 Å². The number of aromatic amines is 2. The van der Waals surface area contributed by atoms with Gasteiger partial charge in [0.25, 0.3) is 10.9 Å². The van der Waals surface area contributed by atoms with Crippen molar-refractivity contribution in [3.8, 4) is 11.4 Å². The normalized spacial score (nSPS) is 12.1. The summed E-state index contributed by atoms with van der Waals surface area (Å²) in [6.07, 6.45) is 2.43. The Kier molecular flexibility index (Phi) is 9.08. The molecule has 4 aromatic heterocycles. The topological polar surface area (TPSA) is 214 Å². The van der Waals surface area contributed by atoms with E-state index in [0.717, 1.165) is 0 Å². The van der Waals surface area contributed by atoms with Gasteiger partial charge in [0.1, 0.15) is 44.6 Å². The van der Waals surface area contributed by atoms with Crippen molar-refractivity contribution < 1.29 is 37.5 Å². The maximum absolute atomic E-state index is 14.3. The van der Waals surface area contributed by atoms with Gasteiger partial charge in [-0.05, 0) is 64.1 Å². The van der Waals surface area contributed by atoms with E-state index in [0.29, 0.717) is 11.4 Å². The largest absolute Gasteiger partial charge is 0.462 e. The molecule has 0 saturated carbocycles. The number of esters is 2. The van der Waals surface area contributed by atoms with Crippen LogP contribution >= 0.6 is 0 Å². The predicted molar refractivity (Wildman–Crippen MR) is 196 cm³/mol. The number of carbonyl (C=O) groups is 4. The maximum atomic E-state index is 14.3. The zero-order valence-electron chi connectivity index (χ0n) is 29.2. The molecule has 0 amide bonds. The molecule has 7 aromatic rings. The van der Waals surface area contributed by atoms with E-state index < -0.39 is 45.5 Å². The van der Waals surface area contributed by atoms with Gasteiger partial charge in [-0.2, -0.15) is 19.6 Å². The van der Waals surface area contributed by atoms with Crippen molar-refractivity contribution in [2.45, 2.75) is 27.7 Å². The second-order valence-electron chi connectivity index (χ2n) is 11.8. The summed E-state index contributed by atoms with van der Waals surface area (Å²) in [5, 5.41) is 9.15. The number of hydrogen-bond donors (Lipinski definition) is 2. The highest BCUT2D eigenvalue weighted by Gasteiger charge is 2.26. The van der Waals surface area contributed by atoms with Gasteiger partial charge in [-0.3, -0.25) is 19.2 Å². The lowest BCUT2D eigenvalue weighted by Gasteiger charge is -2.06.